The van der Waals surface area contributed by atoms with E-state index in [0.29, 0.717) is 28.6 Å². The van der Waals surface area contributed by atoms with Crippen LogP contribution in [0.4, 0.5) is 0 Å². The first-order valence-corrected chi connectivity index (χ1v) is 9.92. The maximum atomic E-state index is 12.3. The van der Waals surface area contributed by atoms with E-state index in [1.54, 1.807) is 30.3 Å². The average molecular weight is 449 g/mol. The van der Waals surface area contributed by atoms with Gasteiger partial charge in [-0.2, -0.15) is 0 Å². The minimum atomic E-state index is -0.601. The monoisotopic (exact) mass is 449 g/mol. The van der Waals surface area contributed by atoms with Crippen molar-refractivity contribution in [3.63, 3.8) is 0 Å². The highest BCUT2D eigenvalue weighted by atomic mass is 16.5. The molecule has 0 saturated heterocycles. The van der Waals surface area contributed by atoms with Crippen LogP contribution in [0.3, 0.4) is 0 Å². The van der Waals surface area contributed by atoms with Crippen molar-refractivity contribution >= 4 is 17.7 Å². The molecule has 0 radical (unpaired) electrons. The van der Waals surface area contributed by atoms with Gasteiger partial charge in [-0.3, -0.25) is 25.2 Å². The van der Waals surface area contributed by atoms with Gasteiger partial charge < -0.3 is 19.5 Å². The normalized spacial score (nSPS) is 10.0. The number of methoxy groups -OCH3 is 2. The van der Waals surface area contributed by atoms with E-state index in [9.17, 15) is 14.4 Å². The highest BCUT2D eigenvalue weighted by molar-refractivity contribution is 5.98. The molecule has 3 aromatic rings. The molecule has 3 amide bonds. The van der Waals surface area contributed by atoms with E-state index < -0.39 is 17.7 Å². The van der Waals surface area contributed by atoms with Gasteiger partial charge in [0.1, 0.15) is 23.0 Å². The van der Waals surface area contributed by atoms with Crippen molar-refractivity contribution in [3.8, 4) is 23.0 Å². The number of ether oxygens (including phenoxy) is 3. The summed E-state index contributed by atoms with van der Waals surface area (Å²) in [6, 6.07) is 20.3. The molecule has 9 heteroatoms. The summed E-state index contributed by atoms with van der Waals surface area (Å²) in [5, 5.41) is 2.48. The number of nitrogens with one attached hydrogen (secondary N) is 3. The van der Waals surface area contributed by atoms with Crippen LogP contribution in [-0.4, -0.2) is 38.5 Å². The molecule has 0 heterocycles. The fourth-order valence-electron chi connectivity index (χ4n) is 2.74. The number of carbonyl (C=O) groups excluding carboxylic acids is 3. The molecule has 0 saturated carbocycles. The molecule has 0 aliphatic rings. The quantitative estimate of drug-likeness (QED) is 0.456. The second kappa shape index (κ2) is 11.2. The highest BCUT2D eigenvalue weighted by Crippen LogP contribution is 2.22. The van der Waals surface area contributed by atoms with Crippen molar-refractivity contribution in [3.05, 3.63) is 83.9 Å². The summed E-state index contributed by atoms with van der Waals surface area (Å²) in [6.45, 7) is -0.331. The van der Waals surface area contributed by atoms with Crippen molar-refractivity contribution < 1.29 is 28.6 Å². The zero-order valence-electron chi connectivity index (χ0n) is 18.1. The molecule has 0 bridgehead atoms. The van der Waals surface area contributed by atoms with E-state index in [1.165, 1.54) is 26.4 Å². The Labute approximate surface area is 190 Å². The van der Waals surface area contributed by atoms with Gasteiger partial charge in [-0.05, 0) is 48.5 Å². The van der Waals surface area contributed by atoms with Gasteiger partial charge in [0.05, 0.1) is 20.8 Å². The largest absolute Gasteiger partial charge is 0.497 e. The van der Waals surface area contributed by atoms with Gasteiger partial charge in [-0.25, -0.2) is 0 Å². The van der Waals surface area contributed by atoms with Crippen LogP contribution in [0.2, 0.25) is 0 Å². The Kier molecular flexibility index (Phi) is 7.85. The first kappa shape index (κ1) is 23.1. The summed E-state index contributed by atoms with van der Waals surface area (Å²) in [6.07, 6.45) is 0. The zero-order chi connectivity index (χ0) is 23.6. The minimum absolute atomic E-state index is 0.230. The molecule has 0 unspecified atom stereocenters. The maximum Gasteiger partial charge on any atom is 0.269 e. The third-order valence-electron chi connectivity index (χ3n) is 4.43. The standard InChI is InChI=1S/C24H23N3O6/c1-31-20-12-17(13-21(14-20)32-2)24(30)27-26-22(28)15-25-23(29)16-8-10-19(11-9-16)33-18-6-4-3-5-7-18/h3-14H,15H2,1-2H3,(H,25,29)(H,26,28)(H,27,30). The molecule has 0 spiro atoms. The lowest BCUT2D eigenvalue weighted by Gasteiger charge is -2.11. The van der Waals surface area contributed by atoms with Crippen LogP contribution < -0.4 is 30.4 Å². The molecular formula is C24H23N3O6. The number of hydrogen-bond donors (Lipinski definition) is 3. The molecule has 0 atom stereocenters. The number of amides is 3. The number of carbonyl (C=O) groups is 3. The van der Waals surface area contributed by atoms with Crippen molar-refractivity contribution in [1.29, 1.82) is 0 Å². The third kappa shape index (κ3) is 6.73. The number of rotatable bonds is 8. The highest BCUT2D eigenvalue weighted by Gasteiger charge is 2.12. The average Bonchev–Trinajstić information content (AvgIpc) is 2.86. The van der Waals surface area contributed by atoms with E-state index in [0.717, 1.165) is 0 Å². The van der Waals surface area contributed by atoms with Crippen LogP contribution >= 0.6 is 0 Å². The Balaban J connectivity index is 1.46. The van der Waals surface area contributed by atoms with E-state index in [2.05, 4.69) is 16.2 Å². The molecule has 170 valence electrons. The predicted octanol–water partition coefficient (Wildman–Crippen LogP) is 2.69. The van der Waals surface area contributed by atoms with Gasteiger partial charge in [0, 0.05) is 17.2 Å². The number of hydrogen-bond acceptors (Lipinski definition) is 6. The fraction of sp³-hybridized carbons (Fsp3) is 0.125. The van der Waals surface area contributed by atoms with E-state index >= 15 is 0 Å². The van der Waals surface area contributed by atoms with Gasteiger partial charge in [-0.15, -0.1) is 0 Å². The predicted molar refractivity (Wildman–Crippen MR) is 120 cm³/mol. The third-order valence-corrected chi connectivity index (χ3v) is 4.43. The smallest absolute Gasteiger partial charge is 0.269 e. The van der Waals surface area contributed by atoms with Gasteiger partial charge in [0.15, 0.2) is 0 Å². The van der Waals surface area contributed by atoms with Crippen molar-refractivity contribution in [2.24, 2.45) is 0 Å². The molecule has 3 rings (SSSR count). The Hall–Kier alpha value is -4.53. The van der Waals surface area contributed by atoms with E-state index in [4.69, 9.17) is 14.2 Å². The van der Waals surface area contributed by atoms with Crippen molar-refractivity contribution in [2.45, 2.75) is 0 Å². The Morgan fingerprint density at radius 1 is 0.667 bits per heavy atom. The number of para-hydroxylation sites is 1. The van der Waals surface area contributed by atoms with Crippen LogP contribution in [0.5, 0.6) is 23.0 Å². The number of hydrazine groups is 1. The molecule has 0 fully saturated rings. The lowest BCUT2D eigenvalue weighted by Crippen LogP contribution is -2.46. The maximum absolute atomic E-state index is 12.3. The lowest BCUT2D eigenvalue weighted by atomic mass is 10.2. The van der Waals surface area contributed by atoms with Crippen LogP contribution in [0.1, 0.15) is 20.7 Å². The van der Waals surface area contributed by atoms with E-state index in [1.807, 2.05) is 30.3 Å². The second-order valence-electron chi connectivity index (χ2n) is 6.73. The molecule has 33 heavy (non-hydrogen) atoms. The SMILES string of the molecule is COc1cc(OC)cc(C(=O)NNC(=O)CNC(=O)c2ccc(Oc3ccccc3)cc2)c1. The lowest BCUT2D eigenvalue weighted by molar-refractivity contribution is -0.120. The summed E-state index contributed by atoms with van der Waals surface area (Å²) >= 11 is 0. The van der Waals surface area contributed by atoms with Crippen LogP contribution in [0.15, 0.2) is 72.8 Å². The van der Waals surface area contributed by atoms with Crippen molar-refractivity contribution in [1.82, 2.24) is 16.2 Å². The number of benzene rings is 3. The summed E-state index contributed by atoms with van der Waals surface area (Å²) in [4.78, 5) is 36.6. The van der Waals surface area contributed by atoms with Gasteiger partial charge in [0.2, 0.25) is 0 Å². The summed E-state index contributed by atoms with van der Waals surface area (Å²) < 4.78 is 15.9. The Morgan fingerprint density at radius 3 is 1.88 bits per heavy atom. The first-order valence-electron chi connectivity index (χ1n) is 9.92. The summed E-state index contributed by atoms with van der Waals surface area (Å²) in [5.74, 6) is 0.501. The topological polar surface area (TPSA) is 115 Å². The zero-order valence-corrected chi connectivity index (χ0v) is 18.1. The van der Waals surface area contributed by atoms with E-state index in [-0.39, 0.29) is 12.1 Å². The Bertz CT molecular complexity index is 1090. The van der Waals surface area contributed by atoms with Crippen LogP contribution in [0.25, 0.3) is 0 Å². The molecule has 0 aliphatic heterocycles. The molecule has 3 N–H and O–H groups in total. The van der Waals surface area contributed by atoms with Gasteiger partial charge in [0.25, 0.3) is 17.7 Å². The molecule has 0 aromatic heterocycles. The first-order chi connectivity index (χ1) is 16.0. The fourth-order valence-corrected chi connectivity index (χ4v) is 2.74. The molecule has 0 aliphatic carbocycles. The second-order valence-corrected chi connectivity index (χ2v) is 6.73. The van der Waals surface area contributed by atoms with Gasteiger partial charge >= 0.3 is 0 Å². The summed E-state index contributed by atoms with van der Waals surface area (Å²) in [7, 11) is 2.93. The summed E-state index contributed by atoms with van der Waals surface area (Å²) in [5.41, 5.74) is 5.11. The van der Waals surface area contributed by atoms with Crippen LogP contribution in [0, 0.1) is 0 Å². The van der Waals surface area contributed by atoms with Crippen LogP contribution in [-0.2, 0) is 4.79 Å². The van der Waals surface area contributed by atoms with Gasteiger partial charge in [-0.1, -0.05) is 18.2 Å². The minimum Gasteiger partial charge on any atom is -0.497 e. The molecule has 3 aromatic carbocycles. The van der Waals surface area contributed by atoms with Crippen molar-refractivity contribution in [2.75, 3.05) is 20.8 Å². The molecular weight excluding hydrogens is 426 g/mol. The molecule has 9 nitrogen and oxygen atoms in total. The Morgan fingerprint density at radius 2 is 1.27 bits per heavy atom.